The Hall–Kier alpha value is -0.150. The molecule has 0 aromatic carbocycles. The van der Waals surface area contributed by atoms with Gasteiger partial charge in [-0.3, -0.25) is 4.39 Å². The van der Waals surface area contributed by atoms with Crippen molar-refractivity contribution < 1.29 is 9.13 Å². The summed E-state index contributed by atoms with van der Waals surface area (Å²) in [5.41, 5.74) is 0. The Bertz CT molecular complexity index is 132. The van der Waals surface area contributed by atoms with Gasteiger partial charge in [-0.1, -0.05) is 0 Å². The molecule has 0 aromatic heterocycles. The average Bonchev–Trinajstić information content (AvgIpc) is 2.43. The van der Waals surface area contributed by atoms with Crippen LogP contribution in [0.3, 0.4) is 0 Å². The first-order chi connectivity index (χ1) is 5.77. The number of hydrogen-bond donors (Lipinski definition) is 0. The number of likely N-dealkylation sites (N-methyl/N-ethyl adjacent to an activating group) is 1. The van der Waals surface area contributed by atoms with E-state index < -0.39 is 0 Å². The van der Waals surface area contributed by atoms with Crippen molar-refractivity contribution in [1.82, 2.24) is 4.90 Å². The van der Waals surface area contributed by atoms with Crippen LogP contribution in [0.2, 0.25) is 0 Å². The monoisotopic (exact) mass is 175 g/mol. The van der Waals surface area contributed by atoms with Gasteiger partial charge in [0.25, 0.3) is 0 Å². The predicted octanol–water partition coefficient (Wildman–Crippen LogP) is 1.31. The van der Waals surface area contributed by atoms with Crippen molar-refractivity contribution in [1.29, 1.82) is 0 Å². The molecule has 2 nitrogen and oxygen atoms in total. The number of nitrogens with zero attached hydrogens (tertiary/aromatic N) is 1. The molecule has 1 saturated heterocycles. The number of alkyl halides is 1. The van der Waals surface area contributed by atoms with Gasteiger partial charge >= 0.3 is 0 Å². The lowest BCUT2D eigenvalue weighted by atomic mass is 10.1. The third-order valence-electron chi connectivity index (χ3n) is 2.51. The molecule has 1 aliphatic rings. The van der Waals surface area contributed by atoms with Crippen LogP contribution in [-0.4, -0.2) is 44.4 Å². The summed E-state index contributed by atoms with van der Waals surface area (Å²) in [7, 11) is 2.04. The van der Waals surface area contributed by atoms with Gasteiger partial charge in [0.2, 0.25) is 0 Å². The average molecular weight is 175 g/mol. The maximum Gasteiger partial charge on any atom is 0.0935 e. The number of rotatable bonds is 4. The van der Waals surface area contributed by atoms with Gasteiger partial charge in [0.15, 0.2) is 0 Å². The minimum Gasteiger partial charge on any atom is -0.380 e. The number of hydrogen-bond acceptors (Lipinski definition) is 2. The van der Waals surface area contributed by atoms with Gasteiger partial charge in [-0.15, -0.1) is 0 Å². The Morgan fingerprint density at radius 3 is 2.83 bits per heavy atom. The summed E-state index contributed by atoms with van der Waals surface area (Å²) in [5, 5.41) is 0. The maximum atomic E-state index is 12.3. The minimum absolute atomic E-state index is 0.188. The number of ether oxygens (including phenoxy) is 1. The van der Waals surface area contributed by atoms with Gasteiger partial charge in [0, 0.05) is 25.1 Å². The standard InChI is InChI=1S/C9H18FNO/c1-3-12-7-9-4-8(5-10)6-11(9)2/h8-9H,3-7H2,1-2H3. The fourth-order valence-corrected chi connectivity index (χ4v) is 1.76. The first-order valence-electron chi connectivity index (χ1n) is 4.61. The van der Waals surface area contributed by atoms with Gasteiger partial charge in [0.1, 0.15) is 0 Å². The van der Waals surface area contributed by atoms with Crippen molar-refractivity contribution in [3.63, 3.8) is 0 Å². The van der Waals surface area contributed by atoms with Crippen LogP contribution in [0.4, 0.5) is 4.39 Å². The molecule has 0 saturated carbocycles. The molecule has 0 aromatic rings. The van der Waals surface area contributed by atoms with E-state index in [0.29, 0.717) is 6.04 Å². The third-order valence-corrected chi connectivity index (χ3v) is 2.51. The van der Waals surface area contributed by atoms with Crippen molar-refractivity contribution in [2.75, 3.05) is 33.5 Å². The first kappa shape index (κ1) is 9.93. The van der Waals surface area contributed by atoms with Crippen LogP contribution in [-0.2, 0) is 4.74 Å². The molecule has 0 spiro atoms. The summed E-state index contributed by atoms with van der Waals surface area (Å²) < 4.78 is 17.6. The van der Waals surface area contributed by atoms with Crippen molar-refractivity contribution in [2.24, 2.45) is 5.92 Å². The first-order valence-corrected chi connectivity index (χ1v) is 4.61. The summed E-state index contributed by atoms with van der Waals surface area (Å²) in [4.78, 5) is 2.19. The lowest BCUT2D eigenvalue weighted by Gasteiger charge is -2.18. The SMILES string of the molecule is CCOCC1CC(CF)CN1C. The van der Waals surface area contributed by atoms with E-state index in [-0.39, 0.29) is 12.6 Å². The van der Waals surface area contributed by atoms with Crippen LogP contribution in [0.5, 0.6) is 0 Å². The maximum absolute atomic E-state index is 12.3. The molecule has 2 unspecified atom stereocenters. The molecule has 3 heteroatoms. The molecule has 0 bridgehead atoms. The zero-order valence-corrected chi connectivity index (χ0v) is 7.92. The van der Waals surface area contributed by atoms with Crippen molar-refractivity contribution in [3.8, 4) is 0 Å². The van der Waals surface area contributed by atoms with E-state index in [4.69, 9.17) is 4.74 Å². The van der Waals surface area contributed by atoms with Crippen molar-refractivity contribution in [2.45, 2.75) is 19.4 Å². The summed E-state index contributed by atoms with van der Waals surface area (Å²) in [6.45, 7) is 4.19. The Balaban J connectivity index is 2.25. The van der Waals surface area contributed by atoms with Gasteiger partial charge in [0.05, 0.1) is 13.3 Å². The second kappa shape index (κ2) is 4.77. The summed E-state index contributed by atoms with van der Waals surface area (Å²) >= 11 is 0. The van der Waals surface area contributed by atoms with E-state index in [2.05, 4.69) is 4.90 Å². The largest absolute Gasteiger partial charge is 0.380 e. The molecule has 1 heterocycles. The molecule has 1 aliphatic heterocycles. The zero-order chi connectivity index (χ0) is 8.97. The summed E-state index contributed by atoms with van der Waals surface area (Å²) in [6, 6.07) is 0.436. The summed E-state index contributed by atoms with van der Waals surface area (Å²) in [6.07, 6.45) is 0.951. The van der Waals surface area contributed by atoms with Gasteiger partial charge in [-0.25, -0.2) is 0 Å². The normalized spacial score (nSPS) is 31.2. The predicted molar refractivity (Wildman–Crippen MR) is 47.0 cm³/mol. The van der Waals surface area contributed by atoms with E-state index in [1.807, 2.05) is 14.0 Å². The van der Waals surface area contributed by atoms with E-state index in [1.165, 1.54) is 0 Å². The van der Waals surface area contributed by atoms with Crippen LogP contribution in [0.15, 0.2) is 0 Å². The highest BCUT2D eigenvalue weighted by atomic mass is 19.1. The van der Waals surface area contributed by atoms with Crippen LogP contribution in [0, 0.1) is 5.92 Å². The molecule has 2 atom stereocenters. The zero-order valence-electron chi connectivity index (χ0n) is 7.92. The van der Waals surface area contributed by atoms with Crippen LogP contribution >= 0.6 is 0 Å². The third kappa shape index (κ3) is 2.42. The lowest BCUT2D eigenvalue weighted by molar-refractivity contribution is 0.0949. The van der Waals surface area contributed by atoms with Gasteiger partial charge < -0.3 is 9.64 Å². The van der Waals surface area contributed by atoms with E-state index in [1.54, 1.807) is 0 Å². The fraction of sp³-hybridized carbons (Fsp3) is 1.00. The molecule has 1 fully saturated rings. The molecule has 0 radical (unpaired) electrons. The highest BCUT2D eigenvalue weighted by Crippen LogP contribution is 2.21. The quantitative estimate of drug-likeness (QED) is 0.639. The van der Waals surface area contributed by atoms with E-state index in [9.17, 15) is 4.39 Å². The smallest absolute Gasteiger partial charge is 0.0935 e. The minimum atomic E-state index is -0.188. The lowest BCUT2D eigenvalue weighted by Crippen LogP contribution is -2.29. The van der Waals surface area contributed by atoms with Crippen molar-refractivity contribution >= 4 is 0 Å². The molecule has 0 aliphatic carbocycles. The van der Waals surface area contributed by atoms with Crippen LogP contribution < -0.4 is 0 Å². The molecule has 1 rings (SSSR count). The highest BCUT2D eigenvalue weighted by Gasteiger charge is 2.28. The van der Waals surface area contributed by atoms with Crippen LogP contribution in [0.25, 0.3) is 0 Å². The molecule has 0 amide bonds. The van der Waals surface area contributed by atoms with E-state index in [0.717, 1.165) is 26.2 Å². The Kier molecular flexibility index (Phi) is 3.95. The molecule has 72 valence electrons. The van der Waals surface area contributed by atoms with Gasteiger partial charge in [-0.2, -0.15) is 0 Å². The Labute approximate surface area is 73.7 Å². The fourth-order valence-electron chi connectivity index (χ4n) is 1.76. The topological polar surface area (TPSA) is 12.5 Å². The highest BCUT2D eigenvalue weighted by molar-refractivity contribution is 4.82. The molecule has 0 N–H and O–H groups in total. The molecule has 12 heavy (non-hydrogen) atoms. The van der Waals surface area contributed by atoms with Gasteiger partial charge in [-0.05, 0) is 20.4 Å². The Morgan fingerprint density at radius 1 is 1.58 bits per heavy atom. The second-order valence-electron chi connectivity index (χ2n) is 3.51. The number of likely N-dealkylation sites (tertiary alicyclic amines) is 1. The molecular weight excluding hydrogens is 157 g/mol. The summed E-state index contributed by atoms with van der Waals surface area (Å²) in [5.74, 6) is 0.237. The van der Waals surface area contributed by atoms with Crippen LogP contribution in [0.1, 0.15) is 13.3 Å². The van der Waals surface area contributed by atoms with E-state index >= 15 is 0 Å². The Morgan fingerprint density at radius 2 is 2.33 bits per heavy atom. The molecular formula is C9H18FNO. The van der Waals surface area contributed by atoms with Crippen molar-refractivity contribution in [3.05, 3.63) is 0 Å². The second-order valence-corrected chi connectivity index (χ2v) is 3.51. The number of halogens is 1.